The van der Waals surface area contributed by atoms with E-state index in [4.69, 9.17) is 9.47 Å². The summed E-state index contributed by atoms with van der Waals surface area (Å²) in [4.78, 5) is 29.3. The molecule has 30 heavy (non-hydrogen) atoms. The number of thioether (sulfide) groups is 1. The standard InChI is InChI=1S/C20H16N4O5S/c1-28-17-9-13(18-15(10-21)19(25)23-20(22-18)30-2)5-8-16(17)29-11-12-3-6-14(7-4-12)24(26)27/h3-9H,11H2,1-2H3,(H,22,23,25). The molecule has 0 radical (unpaired) electrons. The second kappa shape index (κ2) is 9.11. The summed E-state index contributed by atoms with van der Waals surface area (Å²) in [6, 6.07) is 12.9. The Morgan fingerprint density at radius 2 is 1.97 bits per heavy atom. The Morgan fingerprint density at radius 1 is 1.23 bits per heavy atom. The van der Waals surface area contributed by atoms with Crippen molar-refractivity contribution in [1.82, 2.24) is 9.97 Å². The predicted molar refractivity (Wildman–Crippen MR) is 111 cm³/mol. The van der Waals surface area contributed by atoms with E-state index in [1.54, 1.807) is 36.6 Å². The molecule has 0 fully saturated rings. The summed E-state index contributed by atoms with van der Waals surface area (Å²) < 4.78 is 11.2. The lowest BCUT2D eigenvalue weighted by molar-refractivity contribution is -0.384. The highest BCUT2D eigenvalue weighted by atomic mass is 32.2. The Kier molecular flexibility index (Phi) is 6.34. The van der Waals surface area contributed by atoms with Gasteiger partial charge in [-0.3, -0.25) is 14.9 Å². The van der Waals surface area contributed by atoms with Crippen LogP contribution in [0.2, 0.25) is 0 Å². The van der Waals surface area contributed by atoms with Crippen molar-refractivity contribution in [1.29, 1.82) is 5.26 Å². The molecule has 152 valence electrons. The molecule has 0 atom stereocenters. The number of benzene rings is 2. The highest BCUT2D eigenvalue weighted by molar-refractivity contribution is 7.98. The Hall–Kier alpha value is -3.84. The maximum Gasteiger partial charge on any atom is 0.270 e. The van der Waals surface area contributed by atoms with Crippen molar-refractivity contribution < 1.29 is 14.4 Å². The van der Waals surface area contributed by atoms with E-state index in [9.17, 15) is 20.2 Å². The van der Waals surface area contributed by atoms with Gasteiger partial charge in [-0.1, -0.05) is 11.8 Å². The molecule has 3 aromatic rings. The zero-order valence-electron chi connectivity index (χ0n) is 16.0. The van der Waals surface area contributed by atoms with Crippen molar-refractivity contribution in [2.45, 2.75) is 11.8 Å². The highest BCUT2D eigenvalue weighted by Gasteiger charge is 2.16. The first-order chi connectivity index (χ1) is 14.5. The molecule has 1 N–H and O–H groups in total. The van der Waals surface area contributed by atoms with Crippen LogP contribution in [0.3, 0.4) is 0 Å². The van der Waals surface area contributed by atoms with Crippen LogP contribution in [0.15, 0.2) is 52.4 Å². The summed E-state index contributed by atoms with van der Waals surface area (Å²) in [5.41, 5.74) is 0.945. The van der Waals surface area contributed by atoms with E-state index >= 15 is 0 Å². The average molecular weight is 424 g/mol. The van der Waals surface area contributed by atoms with Gasteiger partial charge in [-0.25, -0.2) is 4.98 Å². The van der Waals surface area contributed by atoms with Gasteiger partial charge in [0.15, 0.2) is 16.7 Å². The molecule has 10 heteroatoms. The van der Waals surface area contributed by atoms with Gasteiger partial charge in [-0.05, 0) is 42.2 Å². The van der Waals surface area contributed by atoms with Crippen LogP contribution in [0, 0.1) is 21.4 Å². The third kappa shape index (κ3) is 4.42. The number of methoxy groups -OCH3 is 1. The van der Waals surface area contributed by atoms with Crippen molar-refractivity contribution >= 4 is 17.4 Å². The Labute approximate surface area is 175 Å². The third-order valence-corrected chi connectivity index (χ3v) is 4.76. The molecule has 3 rings (SSSR count). The molecule has 1 aromatic heterocycles. The van der Waals surface area contributed by atoms with E-state index in [0.29, 0.717) is 22.2 Å². The number of H-pyrrole nitrogens is 1. The summed E-state index contributed by atoms with van der Waals surface area (Å²) in [5, 5.41) is 20.5. The van der Waals surface area contributed by atoms with Gasteiger partial charge in [0, 0.05) is 17.7 Å². The van der Waals surface area contributed by atoms with E-state index in [1.807, 2.05) is 6.07 Å². The van der Waals surface area contributed by atoms with Crippen molar-refractivity contribution in [3.8, 4) is 28.8 Å². The Bertz CT molecular complexity index is 1190. The molecule has 0 aliphatic rings. The number of ether oxygens (including phenoxy) is 2. The molecule has 0 aliphatic heterocycles. The van der Waals surface area contributed by atoms with Gasteiger partial charge < -0.3 is 14.5 Å². The number of aromatic amines is 1. The number of non-ortho nitro benzene ring substituents is 1. The fourth-order valence-corrected chi connectivity index (χ4v) is 3.05. The molecule has 0 spiro atoms. The number of nitriles is 1. The molecule has 2 aromatic carbocycles. The maximum atomic E-state index is 12.1. The molecule has 0 saturated carbocycles. The van der Waals surface area contributed by atoms with Crippen molar-refractivity contribution in [3.05, 3.63) is 74.1 Å². The van der Waals surface area contributed by atoms with Crippen molar-refractivity contribution in [2.75, 3.05) is 13.4 Å². The minimum atomic E-state index is -0.510. The van der Waals surface area contributed by atoms with Crippen LogP contribution >= 0.6 is 11.8 Å². The Morgan fingerprint density at radius 3 is 2.57 bits per heavy atom. The summed E-state index contributed by atoms with van der Waals surface area (Å²) in [5.74, 6) is 0.833. The number of nitrogens with zero attached hydrogens (tertiary/aromatic N) is 3. The van der Waals surface area contributed by atoms with Crippen LogP contribution in [-0.4, -0.2) is 28.3 Å². The molecule has 0 amide bonds. The second-order valence-corrected chi connectivity index (χ2v) is 6.78. The number of rotatable bonds is 7. The Balaban J connectivity index is 1.89. The van der Waals surface area contributed by atoms with Crippen molar-refractivity contribution in [3.63, 3.8) is 0 Å². The number of hydrogen-bond acceptors (Lipinski definition) is 8. The lowest BCUT2D eigenvalue weighted by Crippen LogP contribution is -2.14. The topological polar surface area (TPSA) is 131 Å². The zero-order chi connectivity index (χ0) is 21.7. The second-order valence-electron chi connectivity index (χ2n) is 5.99. The average Bonchev–Trinajstić information content (AvgIpc) is 2.77. The van der Waals surface area contributed by atoms with Gasteiger partial charge in [0.1, 0.15) is 18.2 Å². The fourth-order valence-electron chi connectivity index (χ4n) is 2.67. The number of nitro benzene ring substituents is 1. The van der Waals surface area contributed by atoms with Crippen LogP contribution in [0.25, 0.3) is 11.3 Å². The van der Waals surface area contributed by atoms with E-state index in [-0.39, 0.29) is 23.6 Å². The van der Waals surface area contributed by atoms with Gasteiger partial charge in [0.25, 0.3) is 11.2 Å². The number of aromatic nitrogens is 2. The third-order valence-electron chi connectivity index (χ3n) is 4.18. The monoisotopic (exact) mass is 424 g/mol. The lowest BCUT2D eigenvalue weighted by Gasteiger charge is -2.13. The van der Waals surface area contributed by atoms with Crippen LogP contribution in [-0.2, 0) is 6.61 Å². The van der Waals surface area contributed by atoms with Crippen molar-refractivity contribution in [2.24, 2.45) is 0 Å². The number of nitro groups is 1. The largest absolute Gasteiger partial charge is 0.493 e. The summed E-state index contributed by atoms with van der Waals surface area (Å²) in [6.45, 7) is 0.178. The molecular weight excluding hydrogens is 408 g/mol. The first-order valence-corrected chi connectivity index (χ1v) is 9.82. The molecule has 1 heterocycles. The smallest absolute Gasteiger partial charge is 0.270 e. The molecule has 0 aliphatic carbocycles. The van der Waals surface area contributed by atoms with Crippen LogP contribution in [0.1, 0.15) is 11.1 Å². The number of nitrogens with one attached hydrogen (secondary N) is 1. The van der Waals surface area contributed by atoms with Gasteiger partial charge in [-0.15, -0.1) is 0 Å². The molecule has 9 nitrogen and oxygen atoms in total. The van der Waals surface area contributed by atoms with Crippen LogP contribution < -0.4 is 15.0 Å². The zero-order valence-corrected chi connectivity index (χ0v) is 16.9. The van der Waals surface area contributed by atoms with E-state index in [2.05, 4.69) is 9.97 Å². The minimum absolute atomic E-state index is 0.00365. The molecule has 0 bridgehead atoms. The van der Waals surface area contributed by atoms with Gasteiger partial charge in [-0.2, -0.15) is 5.26 Å². The van der Waals surface area contributed by atoms with Gasteiger partial charge >= 0.3 is 0 Å². The van der Waals surface area contributed by atoms with Crippen LogP contribution in [0.5, 0.6) is 11.5 Å². The summed E-state index contributed by atoms with van der Waals surface area (Å²) in [7, 11) is 1.47. The molecule has 0 unspecified atom stereocenters. The van der Waals surface area contributed by atoms with E-state index < -0.39 is 10.5 Å². The van der Waals surface area contributed by atoms with Gasteiger partial charge in [0.2, 0.25) is 0 Å². The predicted octanol–water partition coefficient (Wildman–Crippen LogP) is 3.53. The summed E-state index contributed by atoms with van der Waals surface area (Å²) in [6.07, 6.45) is 1.77. The van der Waals surface area contributed by atoms with Crippen LogP contribution in [0.4, 0.5) is 5.69 Å². The quantitative estimate of drug-likeness (QED) is 0.264. The molecule has 0 saturated heterocycles. The fraction of sp³-hybridized carbons (Fsp3) is 0.150. The SMILES string of the molecule is COc1cc(-c2nc(SC)[nH]c(=O)c2C#N)ccc1OCc1ccc([N+](=O)[O-])cc1. The normalized spacial score (nSPS) is 10.3. The van der Waals surface area contributed by atoms with Gasteiger partial charge in [0.05, 0.1) is 17.7 Å². The maximum absolute atomic E-state index is 12.1. The summed E-state index contributed by atoms with van der Waals surface area (Å²) >= 11 is 1.26. The highest BCUT2D eigenvalue weighted by Crippen LogP contribution is 2.33. The lowest BCUT2D eigenvalue weighted by atomic mass is 10.1. The molecular formula is C20H16N4O5S. The minimum Gasteiger partial charge on any atom is -0.493 e. The number of hydrogen-bond donors (Lipinski definition) is 1. The first-order valence-electron chi connectivity index (χ1n) is 8.59. The first kappa shape index (κ1) is 20.9. The van der Waals surface area contributed by atoms with E-state index in [0.717, 1.165) is 5.56 Å². The van der Waals surface area contributed by atoms with E-state index in [1.165, 1.54) is 31.0 Å².